The molecule has 1 rings (SSSR count). The number of nitrogens with two attached hydrogens (primary N) is 1. The van der Waals surface area contributed by atoms with Gasteiger partial charge in [0, 0.05) is 6.04 Å². The molecular formula is C16H27NO2. The SMILES string of the molecule is CCCCCc1cc(OC)c(C[C@@H](C)N)cc1OC. The molecule has 0 aromatic heterocycles. The van der Waals surface area contributed by atoms with E-state index in [0.29, 0.717) is 0 Å². The third kappa shape index (κ3) is 4.75. The number of benzene rings is 1. The summed E-state index contributed by atoms with van der Waals surface area (Å²) in [4.78, 5) is 0. The van der Waals surface area contributed by atoms with Gasteiger partial charge in [0.1, 0.15) is 11.5 Å². The lowest BCUT2D eigenvalue weighted by Crippen LogP contribution is -2.18. The van der Waals surface area contributed by atoms with Crippen LogP contribution in [0.3, 0.4) is 0 Å². The molecule has 2 N–H and O–H groups in total. The van der Waals surface area contributed by atoms with Gasteiger partial charge in [-0.05, 0) is 49.4 Å². The van der Waals surface area contributed by atoms with Crippen LogP contribution in [0.2, 0.25) is 0 Å². The molecule has 108 valence electrons. The van der Waals surface area contributed by atoms with Crippen LogP contribution in [0.4, 0.5) is 0 Å². The third-order valence-corrected chi connectivity index (χ3v) is 3.28. The molecule has 0 fully saturated rings. The van der Waals surface area contributed by atoms with Crippen molar-refractivity contribution in [3.05, 3.63) is 23.3 Å². The van der Waals surface area contributed by atoms with E-state index in [1.165, 1.54) is 24.8 Å². The summed E-state index contributed by atoms with van der Waals surface area (Å²) in [6, 6.07) is 4.29. The Bertz CT molecular complexity index is 389. The maximum absolute atomic E-state index is 5.88. The van der Waals surface area contributed by atoms with Crippen molar-refractivity contribution in [1.29, 1.82) is 0 Å². The van der Waals surface area contributed by atoms with Crippen LogP contribution in [0.5, 0.6) is 11.5 Å². The van der Waals surface area contributed by atoms with Crippen molar-refractivity contribution in [2.75, 3.05) is 14.2 Å². The molecular weight excluding hydrogens is 238 g/mol. The van der Waals surface area contributed by atoms with Gasteiger partial charge in [-0.1, -0.05) is 19.8 Å². The van der Waals surface area contributed by atoms with Crippen molar-refractivity contribution >= 4 is 0 Å². The van der Waals surface area contributed by atoms with E-state index >= 15 is 0 Å². The Morgan fingerprint density at radius 3 is 2.16 bits per heavy atom. The summed E-state index contributed by atoms with van der Waals surface area (Å²) in [7, 11) is 3.43. The van der Waals surface area contributed by atoms with Crippen molar-refractivity contribution < 1.29 is 9.47 Å². The molecule has 0 amide bonds. The highest BCUT2D eigenvalue weighted by Crippen LogP contribution is 2.30. The number of ether oxygens (including phenoxy) is 2. The van der Waals surface area contributed by atoms with E-state index in [4.69, 9.17) is 15.2 Å². The molecule has 3 heteroatoms. The number of aryl methyl sites for hydroxylation is 1. The second-order valence-corrected chi connectivity index (χ2v) is 5.11. The minimum atomic E-state index is 0.115. The predicted octanol–water partition coefficient (Wildman–Crippen LogP) is 3.33. The molecule has 0 aliphatic carbocycles. The van der Waals surface area contributed by atoms with Gasteiger partial charge in [-0.3, -0.25) is 0 Å². The number of hydrogen-bond donors (Lipinski definition) is 1. The van der Waals surface area contributed by atoms with E-state index in [1.807, 2.05) is 6.92 Å². The van der Waals surface area contributed by atoms with Gasteiger partial charge >= 0.3 is 0 Å². The second-order valence-electron chi connectivity index (χ2n) is 5.11. The molecule has 1 aromatic carbocycles. The first-order valence-corrected chi connectivity index (χ1v) is 7.11. The Morgan fingerprint density at radius 1 is 1.05 bits per heavy atom. The maximum atomic E-state index is 5.88. The molecule has 0 saturated heterocycles. The van der Waals surface area contributed by atoms with E-state index in [-0.39, 0.29) is 6.04 Å². The summed E-state index contributed by atoms with van der Waals surface area (Å²) < 4.78 is 11.0. The lowest BCUT2D eigenvalue weighted by molar-refractivity contribution is 0.393. The van der Waals surface area contributed by atoms with Crippen molar-refractivity contribution in [3.8, 4) is 11.5 Å². The van der Waals surface area contributed by atoms with Crippen LogP contribution in [-0.2, 0) is 12.8 Å². The zero-order valence-corrected chi connectivity index (χ0v) is 12.7. The molecule has 0 radical (unpaired) electrons. The van der Waals surface area contributed by atoms with Gasteiger partial charge in [0.15, 0.2) is 0 Å². The fraction of sp³-hybridized carbons (Fsp3) is 0.625. The van der Waals surface area contributed by atoms with Crippen LogP contribution in [0.15, 0.2) is 12.1 Å². The lowest BCUT2D eigenvalue weighted by Gasteiger charge is -2.16. The molecule has 0 saturated carbocycles. The van der Waals surface area contributed by atoms with Crippen LogP contribution in [-0.4, -0.2) is 20.3 Å². The van der Waals surface area contributed by atoms with Crippen molar-refractivity contribution in [2.45, 2.75) is 52.0 Å². The molecule has 19 heavy (non-hydrogen) atoms. The Morgan fingerprint density at radius 2 is 1.63 bits per heavy atom. The van der Waals surface area contributed by atoms with Gasteiger partial charge in [0.2, 0.25) is 0 Å². The van der Waals surface area contributed by atoms with E-state index in [9.17, 15) is 0 Å². The quantitative estimate of drug-likeness (QED) is 0.733. The van der Waals surface area contributed by atoms with Crippen molar-refractivity contribution in [2.24, 2.45) is 5.73 Å². The van der Waals surface area contributed by atoms with Crippen molar-refractivity contribution in [1.82, 2.24) is 0 Å². The summed E-state index contributed by atoms with van der Waals surface area (Å²) in [5, 5.41) is 0. The molecule has 0 aliphatic heterocycles. The fourth-order valence-corrected chi connectivity index (χ4v) is 2.29. The second kappa shape index (κ2) is 8.05. The molecule has 0 aliphatic rings. The smallest absolute Gasteiger partial charge is 0.122 e. The van der Waals surface area contributed by atoms with Gasteiger partial charge in [-0.15, -0.1) is 0 Å². The first kappa shape index (κ1) is 15.8. The van der Waals surface area contributed by atoms with Gasteiger partial charge in [0.25, 0.3) is 0 Å². The van der Waals surface area contributed by atoms with Crippen LogP contribution < -0.4 is 15.2 Å². The summed E-state index contributed by atoms with van der Waals surface area (Å²) in [6.45, 7) is 4.21. The van der Waals surface area contributed by atoms with E-state index in [2.05, 4.69) is 19.1 Å². The molecule has 0 spiro atoms. The average Bonchev–Trinajstić information content (AvgIpc) is 2.39. The molecule has 1 aromatic rings. The number of unbranched alkanes of at least 4 members (excludes halogenated alkanes) is 2. The summed E-state index contributed by atoms with van der Waals surface area (Å²) in [6.07, 6.45) is 5.48. The molecule has 0 bridgehead atoms. The van der Waals surface area contributed by atoms with Crippen LogP contribution in [0, 0.1) is 0 Å². The Labute approximate surface area is 117 Å². The minimum Gasteiger partial charge on any atom is -0.496 e. The molecule has 3 nitrogen and oxygen atoms in total. The summed E-state index contributed by atoms with van der Waals surface area (Å²) in [5.74, 6) is 1.87. The highest BCUT2D eigenvalue weighted by molar-refractivity contribution is 5.47. The number of rotatable bonds is 8. The molecule has 0 unspecified atom stereocenters. The van der Waals surface area contributed by atoms with Gasteiger partial charge in [0.05, 0.1) is 14.2 Å². The third-order valence-electron chi connectivity index (χ3n) is 3.28. The summed E-state index contributed by atoms with van der Waals surface area (Å²) in [5.41, 5.74) is 8.22. The van der Waals surface area contributed by atoms with E-state index in [1.54, 1.807) is 14.2 Å². The largest absolute Gasteiger partial charge is 0.496 e. The Kier molecular flexibility index (Phi) is 6.71. The fourth-order valence-electron chi connectivity index (χ4n) is 2.29. The zero-order chi connectivity index (χ0) is 14.3. The van der Waals surface area contributed by atoms with Crippen LogP contribution in [0.1, 0.15) is 44.2 Å². The summed E-state index contributed by atoms with van der Waals surface area (Å²) >= 11 is 0. The van der Waals surface area contributed by atoms with E-state index < -0.39 is 0 Å². The van der Waals surface area contributed by atoms with E-state index in [0.717, 1.165) is 29.9 Å². The minimum absolute atomic E-state index is 0.115. The van der Waals surface area contributed by atoms with Gasteiger partial charge in [-0.2, -0.15) is 0 Å². The maximum Gasteiger partial charge on any atom is 0.122 e. The van der Waals surface area contributed by atoms with Crippen molar-refractivity contribution in [3.63, 3.8) is 0 Å². The van der Waals surface area contributed by atoms with Gasteiger partial charge < -0.3 is 15.2 Å². The Balaban J connectivity index is 2.97. The standard InChI is InChI=1S/C16H27NO2/c1-5-6-7-8-13-10-16(19-4)14(9-12(2)17)11-15(13)18-3/h10-12H,5-9,17H2,1-4H3/t12-/m1/s1. The average molecular weight is 265 g/mol. The first-order chi connectivity index (χ1) is 9.12. The van der Waals surface area contributed by atoms with Crippen LogP contribution in [0.25, 0.3) is 0 Å². The highest BCUT2D eigenvalue weighted by atomic mass is 16.5. The predicted molar refractivity (Wildman–Crippen MR) is 80.1 cm³/mol. The molecule has 0 heterocycles. The van der Waals surface area contributed by atoms with Crippen LogP contribution >= 0.6 is 0 Å². The highest BCUT2D eigenvalue weighted by Gasteiger charge is 2.12. The normalized spacial score (nSPS) is 12.3. The number of hydrogen-bond acceptors (Lipinski definition) is 3. The monoisotopic (exact) mass is 265 g/mol. The Hall–Kier alpha value is -1.22. The van der Waals surface area contributed by atoms with Gasteiger partial charge in [-0.25, -0.2) is 0 Å². The molecule has 1 atom stereocenters. The zero-order valence-electron chi connectivity index (χ0n) is 12.7. The number of methoxy groups -OCH3 is 2. The lowest BCUT2D eigenvalue weighted by atomic mass is 10.00. The first-order valence-electron chi connectivity index (χ1n) is 7.11. The topological polar surface area (TPSA) is 44.5 Å².